The molecule has 2 saturated heterocycles. The molecule has 2 fully saturated rings. The van der Waals surface area contributed by atoms with Gasteiger partial charge in [-0.2, -0.15) is 0 Å². The number of fused-ring (bicyclic) bond motifs is 5. The predicted octanol–water partition coefficient (Wildman–Crippen LogP) is 4.17. The molecule has 2 unspecified atom stereocenters. The summed E-state index contributed by atoms with van der Waals surface area (Å²) in [5, 5.41) is 6.99. The van der Waals surface area contributed by atoms with Gasteiger partial charge < -0.3 is 20.4 Å². The van der Waals surface area contributed by atoms with E-state index in [4.69, 9.17) is 4.98 Å². The zero-order valence-electron chi connectivity index (χ0n) is 22.2. The number of rotatable bonds is 8. The standard InChI is InChI=1S/C29H36N6O2S/c1-33-17-5-7-19(33)13-15-30-24-12-11-21-26(36)25(28(37)31-16-14-20-8-6-18-34(20)2)29-35(27(21)32-24)22-9-3-4-10-23(22)38-29/h3-4,9-12,19-20H,5-8,13-18H2,1-2H3,(H,30,32)(H,31,37). The third-order valence-corrected chi connectivity index (χ3v) is 9.55. The number of thiazole rings is 1. The van der Waals surface area contributed by atoms with Gasteiger partial charge in [0.2, 0.25) is 5.43 Å². The molecule has 2 aliphatic heterocycles. The van der Waals surface area contributed by atoms with Gasteiger partial charge in [-0.3, -0.25) is 14.0 Å². The summed E-state index contributed by atoms with van der Waals surface area (Å²) in [6, 6.07) is 12.8. The molecular weight excluding hydrogens is 496 g/mol. The smallest absolute Gasteiger partial charge is 0.258 e. The molecule has 2 aliphatic rings. The van der Waals surface area contributed by atoms with Crippen molar-refractivity contribution < 1.29 is 4.79 Å². The molecule has 0 bridgehead atoms. The Morgan fingerprint density at radius 2 is 1.71 bits per heavy atom. The van der Waals surface area contributed by atoms with Crippen molar-refractivity contribution in [3.05, 3.63) is 52.2 Å². The van der Waals surface area contributed by atoms with Crippen molar-refractivity contribution in [2.75, 3.05) is 45.6 Å². The Labute approximate surface area is 226 Å². The summed E-state index contributed by atoms with van der Waals surface area (Å²) in [6.45, 7) is 3.65. The fourth-order valence-corrected chi connectivity index (χ4v) is 7.36. The van der Waals surface area contributed by atoms with E-state index in [9.17, 15) is 9.59 Å². The fraction of sp³-hybridized carbons (Fsp3) is 0.483. The van der Waals surface area contributed by atoms with Crippen molar-refractivity contribution in [3.63, 3.8) is 0 Å². The fourth-order valence-electron chi connectivity index (χ4n) is 6.18. The molecule has 38 heavy (non-hydrogen) atoms. The van der Waals surface area contributed by atoms with Gasteiger partial charge in [0.15, 0.2) is 5.65 Å². The number of nitrogens with zero attached hydrogens (tertiary/aromatic N) is 4. The minimum atomic E-state index is -0.301. The van der Waals surface area contributed by atoms with Gasteiger partial charge in [0, 0.05) is 25.2 Å². The van der Waals surface area contributed by atoms with Crippen LogP contribution < -0.4 is 16.1 Å². The zero-order chi connectivity index (χ0) is 26.2. The van der Waals surface area contributed by atoms with E-state index in [0.29, 0.717) is 34.5 Å². The van der Waals surface area contributed by atoms with Crippen molar-refractivity contribution in [1.82, 2.24) is 24.5 Å². The number of hydrogen-bond donors (Lipinski definition) is 2. The molecule has 3 aromatic heterocycles. The highest BCUT2D eigenvalue weighted by molar-refractivity contribution is 7.24. The van der Waals surface area contributed by atoms with Crippen LogP contribution in [0.1, 0.15) is 48.9 Å². The highest BCUT2D eigenvalue weighted by Crippen LogP contribution is 2.31. The first-order valence-corrected chi connectivity index (χ1v) is 14.6. The first-order valence-electron chi connectivity index (χ1n) is 13.8. The Hall–Kier alpha value is -3.01. The topological polar surface area (TPSA) is 82.0 Å². The maximum Gasteiger partial charge on any atom is 0.258 e. The molecule has 2 N–H and O–H groups in total. The molecule has 4 aromatic rings. The SMILES string of the molecule is CN1CCCC1CCNC(=O)c1c(=O)c2ccc(NCCC3CCCN3C)nc2n2c1sc1ccccc12. The highest BCUT2D eigenvalue weighted by atomic mass is 32.1. The average molecular weight is 533 g/mol. The summed E-state index contributed by atoms with van der Waals surface area (Å²) in [7, 11) is 4.33. The molecule has 0 saturated carbocycles. The summed E-state index contributed by atoms with van der Waals surface area (Å²) in [5.74, 6) is 0.448. The Kier molecular flexibility index (Phi) is 7.07. The van der Waals surface area contributed by atoms with Gasteiger partial charge in [0.25, 0.3) is 5.91 Å². The van der Waals surface area contributed by atoms with E-state index in [-0.39, 0.29) is 16.9 Å². The summed E-state index contributed by atoms with van der Waals surface area (Å²) in [5.41, 5.74) is 1.50. The van der Waals surface area contributed by atoms with Crippen LogP contribution in [-0.4, -0.2) is 77.4 Å². The third kappa shape index (κ3) is 4.67. The highest BCUT2D eigenvalue weighted by Gasteiger charge is 2.25. The van der Waals surface area contributed by atoms with Gasteiger partial charge in [-0.1, -0.05) is 12.1 Å². The first kappa shape index (κ1) is 25.3. The molecule has 0 aliphatic carbocycles. The van der Waals surface area contributed by atoms with Crippen LogP contribution in [0.5, 0.6) is 0 Å². The lowest BCUT2D eigenvalue weighted by molar-refractivity contribution is 0.0951. The number of anilines is 1. The minimum absolute atomic E-state index is 0.213. The van der Waals surface area contributed by atoms with Gasteiger partial charge in [-0.15, -0.1) is 11.3 Å². The molecule has 1 amide bonds. The molecular formula is C29H36N6O2S. The van der Waals surface area contributed by atoms with E-state index < -0.39 is 0 Å². The quantitative estimate of drug-likeness (QED) is 0.355. The van der Waals surface area contributed by atoms with Crippen molar-refractivity contribution in [1.29, 1.82) is 0 Å². The van der Waals surface area contributed by atoms with Gasteiger partial charge in [0.1, 0.15) is 16.2 Å². The normalized spacial score (nSPS) is 20.7. The molecule has 8 nitrogen and oxygen atoms in total. The van der Waals surface area contributed by atoms with Crippen LogP contribution in [0.2, 0.25) is 0 Å². The van der Waals surface area contributed by atoms with Crippen molar-refractivity contribution in [2.45, 2.75) is 50.6 Å². The number of hydrogen-bond acceptors (Lipinski definition) is 7. The molecule has 0 radical (unpaired) electrons. The summed E-state index contributed by atoms with van der Waals surface area (Å²) >= 11 is 1.47. The van der Waals surface area contributed by atoms with Crippen LogP contribution in [0.3, 0.4) is 0 Å². The lowest BCUT2D eigenvalue weighted by atomic mass is 10.1. The number of nitrogens with one attached hydrogen (secondary N) is 2. The van der Waals surface area contributed by atoms with E-state index in [0.717, 1.165) is 48.4 Å². The maximum atomic E-state index is 13.7. The summed E-state index contributed by atoms with van der Waals surface area (Å²) in [6.07, 6.45) is 6.80. The average Bonchev–Trinajstić information content (AvgIpc) is 3.62. The number of carbonyl (C=O) groups excluding carboxylic acids is 1. The molecule has 200 valence electrons. The van der Waals surface area contributed by atoms with E-state index >= 15 is 0 Å². The molecule has 1 aromatic carbocycles. The zero-order valence-corrected chi connectivity index (χ0v) is 23.0. The van der Waals surface area contributed by atoms with Crippen LogP contribution in [0, 0.1) is 0 Å². The Balaban J connectivity index is 1.33. The van der Waals surface area contributed by atoms with Gasteiger partial charge in [0.05, 0.1) is 15.6 Å². The predicted molar refractivity (Wildman–Crippen MR) is 156 cm³/mol. The maximum absolute atomic E-state index is 13.7. The second-order valence-corrected chi connectivity index (χ2v) is 11.8. The molecule has 9 heteroatoms. The Morgan fingerprint density at radius 3 is 2.42 bits per heavy atom. The van der Waals surface area contributed by atoms with Crippen molar-refractivity contribution in [3.8, 4) is 0 Å². The number of aromatic nitrogens is 2. The first-order chi connectivity index (χ1) is 18.5. The minimum Gasteiger partial charge on any atom is -0.370 e. The molecule has 6 rings (SSSR count). The number of pyridine rings is 2. The number of amides is 1. The monoisotopic (exact) mass is 532 g/mol. The van der Waals surface area contributed by atoms with Crippen LogP contribution in [-0.2, 0) is 0 Å². The van der Waals surface area contributed by atoms with Crippen LogP contribution >= 0.6 is 11.3 Å². The van der Waals surface area contributed by atoms with Gasteiger partial charge in [-0.25, -0.2) is 4.98 Å². The third-order valence-electron chi connectivity index (χ3n) is 8.41. The second-order valence-electron chi connectivity index (χ2n) is 10.8. The number of carbonyl (C=O) groups is 1. The van der Waals surface area contributed by atoms with Crippen molar-refractivity contribution >= 4 is 49.1 Å². The molecule has 5 heterocycles. The molecule has 0 spiro atoms. The van der Waals surface area contributed by atoms with Gasteiger partial charge >= 0.3 is 0 Å². The number of likely N-dealkylation sites (tertiary alicyclic amines) is 2. The largest absolute Gasteiger partial charge is 0.370 e. The van der Waals surface area contributed by atoms with E-state index in [2.05, 4.69) is 34.5 Å². The lowest BCUT2D eigenvalue weighted by Crippen LogP contribution is -2.34. The van der Waals surface area contributed by atoms with Crippen LogP contribution in [0.15, 0.2) is 41.2 Å². The van der Waals surface area contributed by atoms with Crippen molar-refractivity contribution in [2.24, 2.45) is 0 Å². The second kappa shape index (κ2) is 10.6. The Bertz CT molecular complexity index is 1550. The van der Waals surface area contributed by atoms with E-state index in [1.165, 1.54) is 37.1 Å². The van der Waals surface area contributed by atoms with Gasteiger partial charge in [-0.05, 0) is 90.0 Å². The lowest BCUT2D eigenvalue weighted by Gasteiger charge is -2.19. The van der Waals surface area contributed by atoms with E-state index in [1.807, 2.05) is 40.8 Å². The number of benzene rings is 1. The summed E-state index contributed by atoms with van der Waals surface area (Å²) in [4.78, 5) is 37.5. The summed E-state index contributed by atoms with van der Waals surface area (Å²) < 4.78 is 3.01. The number of para-hydroxylation sites is 1. The Morgan fingerprint density at radius 1 is 1.00 bits per heavy atom. The molecule has 2 atom stereocenters. The van der Waals surface area contributed by atoms with Crippen LogP contribution in [0.4, 0.5) is 5.82 Å². The van der Waals surface area contributed by atoms with Crippen LogP contribution in [0.25, 0.3) is 26.1 Å². The van der Waals surface area contributed by atoms with E-state index in [1.54, 1.807) is 0 Å².